The molecule has 0 saturated carbocycles. The van der Waals surface area contributed by atoms with Crippen LogP contribution in [0.5, 0.6) is 0 Å². The van der Waals surface area contributed by atoms with Crippen molar-refractivity contribution in [2.24, 2.45) is 0 Å². The van der Waals surface area contributed by atoms with E-state index in [2.05, 4.69) is 0 Å². The summed E-state index contributed by atoms with van der Waals surface area (Å²) in [5, 5.41) is 0. The van der Waals surface area contributed by atoms with E-state index in [0.717, 1.165) is 10.5 Å². The standard InChI is InChI=1S/C10H11NO2S/c1-3-13-10(12)9-7(2)11-6-4-5-8(11)14-9/h4-6H,3H2,1-2H3. The van der Waals surface area contributed by atoms with Gasteiger partial charge in [-0.05, 0) is 26.0 Å². The number of carbonyl (C=O) groups is 1. The van der Waals surface area contributed by atoms with Crippen molar-refractivity contribution in [3.8, 4) is 0 Å². The molecule has 2 rings (SSSR count). The molecule has 2 heterocycles. The quantitative estimate of drug-likeness (QED) is 0.711. The molecule has 3 nitrogen and oxygen atoms in total. The first-order valence-electron chi connectivity index (χ1n) is 4.47. The summed E-state index contributed by atoms with van der Waals surface area (Å²) in [6.07, 6.45) is 1.95. The minimum atomic E-state index is -0.223. The normalized spacial score (nSPS) is 10.7. The van der Waals surface area contributed by atoms with Crippen LogP contribution in [0.15, 0.2) is 18.3 Å². The van der Waals surface area contributed by atoms with E-state index in [1.54, 1.807) is 0 Å². The Morgan fingerprint density at radius 1 is 1.64 bits per heavy atom. The van der Waals surface area contributed by atoms with Crippen molar-refractivity contribution in [1.29, 1.82) is 0 Å². The number of thiazole rings is 1. The first kappa shape index (κ1) is 9.27. The topological polar surface area (TPSA) is 30.7 Å². The van der Waals surface area contributed by atoms with Gasteiger partial charge in [-0.25, -0.2) is 4.79 Å². The third kappa shape index (κ3) is 1.32. The number of carbonyl (C=O) groups excluding carboxylic acids is 1. The number of rotatable bonds is 2. The first-order chi connectivity index (χ1) is 6.74. The molecule has 0 saturated heterocycles. The second kappa shape index (κ2) is 3.46. The molecule has 0 bridgehead atoms. The number of ether oxygens (including phenoxy) is 1. The predicted molar refractivity (Wildman–Crippen MR) is 56.0 cm³/mol. The molecule has 74 valence electrons. The fraction of sp³-hybridized carbons (Fsp3) is 0.300. The highest BCUT2D eigenvalue weighted by molar-refractivity contribution is 7.19. The molecule has 14 heavy (non-hydrogen) atoms. The van der Waals surface area contributed by atoms with Gasteiger partial charge in [-0.3, -0.25) is 0 Å². The highest BCUT2D eigenvalue weighted by Gasteiger charge is 2.15. The van der Waals surface area contributed by atoms with E-state index in [-0.39, 0.29) is 5.97 Å². The van der Waals surface area contributed by atoms with Crippen molar-refractivity contribution < 1.29 is 9.53 Å². The van der Waals surface area contributed by atoms with Gasteiger partial charge < -0.3 is 9.14 Å². The van der Waals surface area contributed by atoms with Crippen LogP contribution < -0.4 is 0 Å². The Balaban J connectivity index is 2.47. The Kier molecular flexibility index (Phi) is 2.29. The molecule has 2 aromatic heterocycles. The number of aryl methyl sites for hydroxylation is 1. The maximum atomic E-state index is 11.5. The summed E-state index contributed by atoms with van der Waals surface area (Å²) in [5.41, 5.74) is 0.952. The van der Waals surface area contributed by atoms with Gasteiger partial charge in [-0.15, -0.1) is 11.3 Å². The van der Waals surface area contributed by atoms with Crippen LogP contribution in [0.25, 0.3) is 4.83 Å². The Hall–Kier alpha value is -1.29. The van der Waals surface area contributed by atoms with E-state index in [1.165, 1.54) is 11.3 Å². The van der Waals surface area contributed by atoms with Gasteiger partial charge in [0.1, 0.15) is 9.71 Å². The van der Waals surface area contributed by atoms with Crippen molar-refractivity contribution in [3.05, 3.63) is 28.9 Å². The van der Waals surface area contributed by atoms with E-state index in [0.29, 0.717) is 11.5 Å². The van der Waals surface area contributed by atoms with Crippen LogP contribution in [0, 0.1) is 6.92 Å². The SMILES string of the molecule is CCOC(=O)c1sc2cccn2c1C. The van der Waals surface area contributed by atoms with Gasteiger partial charge >= 0.3 is 5.97 Å². The summed E-state index contributed by atoms with van der Waals surface area (Å²) in [6, 6.07) is 3.95. The number of aromatic nitrogens is 1. The van der Waals surface area contributed by atoms with Crippen LogP contribution in [-0.2, 0) is 4.74 Å². The van der Waals surface area contributed by atoms with Gasteiger partial charge in [-0.1, -0.05) is 0 Å². The molecule has 0 fully saturated rings. The summed E-state index contributed by atoms with van der Waals surface area (Å²) in [4.78, 5) is 13.3. The predicted octanol–water partition coefficient (Wildman–Crippen LogP) is 2.49. The summed E-state index contributed by atoms with van der Waals surface area (Å²) >= 11 is 1.47. The van der Waals surface area contributed by atoms with Gasteiger partial charge in [0.2, 0.25) is 0 Å². The van der Waals surface area contributed by atoms with Gasteiger partial charge in [0.05, 0.1) is 6.61 Å². The molecule has 0 amide bonds. The van der Waals surface area contributed by atoms with E-state index in [1.807, 2.05) is 36.6 Å². The Bertz CT molecular complexity index is 469. The Labute approximate surface area is 85.9 Å². The molecule has 0 aliphatic rings. The van der Waals surface area contributed by atoms with E-state index in [4.69, 9.17) is 4.74 Å². The lowest BCUT2D eigenvalue weighted by Crippen LogP contribution is -2.04. The van der Waals surface area contributed by atoms with E-state index >= 15 is 0 Å². The zero-order chi connectivity index (χ0) is 10.1. The third-order valence-electron chi connectivity index (χ3n) is 2.07. The fourth-order valence-electron chi connectivity index (χ4n) is 1.40. The zero-order valence-electron chi connectivity index (χ0n) is 8.11. The summed E-state index contributed by atoms with van der Waals surface area (Å²) in [6.45, 7) is 4.16. The number of nitrogens with zero attached hydrogens (tertiary/aromatic N) is 1. The molecule has 0 spiro atoms. The van der Waals surface area contributed by atoms with E-state index < -0.39 is 0 Å². The van der Waals surface area contributed by atoms with Gasteiger partial charge in [0, 0.05) is 11.9 Å². The van der Waals surface area contributed by atoms with Crippen molar-refractivity contribution in [2.45, 2.75) is 13.8 Å². The number of hydrogen-bond acceptors (Lipinski definition) is 3. The van der Waals surface area contributed by atoms with Crippen LogP contribution in [0.3, 0.4) is 0 Å². The van der Waals surface area contributed by atoms with Gasteiger partial charge in [0.15, 0.2) is 0 Å². The van der Waals surface area contributed by atoms with Crippen LogP contribution in [0.1, 0.15) is 22.3 Å². The molecule has 0 aliphatic carbocycles. The molecule has 2 aromatic rings. The van der Waals surface area contributed by atoms with Crippen molar-refractivity contribution >= 4 is 22.1 Å². The van der Waals surface area contributed by atoms with Crippen molar-refractivity contribution in [1.82, 2.24) is 4.40 Å². The molecule has 0 unspecified atom stereocenters. The first-order valence-corrected chi connectivity index (χ1v) is 5.29. The summed E-state index contributed by atoms with van der Waals surface area (Å²) in [7, 11) is 0. The maximum Gasteiger partial charge on any atom is 0.350 e. The molecular weight excluding hydrogens is 198 g/mol. The molecule has 4 heteroatoms. The monoisotopic (exact) mass is 209 g/mol. The minimum absolute atomic E-state index is 0.223. The minimum Gasteiger partial charge on any atom is -0.462 e. The van der Waals surface area contributed by atoms with Crippen molar-refractivity contribution in [2.75, 3.05) is 6.61 Å². The molecule has 0 atom stereocenters. The second-order valence-electron chi connectivity index (χ2n) is 2.95. The Morgan fingerprint density at radius 2 is 2.43 bits per heavy atom. The largest absolute Gasteiger partial charge is 0.462 e. The van der Waals surface area contributed by atoms with Crippen molar-refractivity contribution in [3.63, 3.8) is 0 Å². The van der Waals surface area contributed by atoms with Crippen LogP contribution in [0.4, 0.5) is 0 Å². The van der Waals surface area contributed by atoms with E-state index in [9.17, 15) is 4.79 Å². The Morgan fingerprint density at radius 3 is 3.07 bits per heavy atom. The second-order valence-corrected chi connectivity index (χ2v) is 3.98. The lowest BCUT2D eigenvalue weighted by Gasteiger charge is -1.98. The molecular formula is C10H11NO2S. The molecule has 0 aliphatic heterocycles. The highest BCUT2D eigenvalue weighted by atomic mass is 32.1. The lowest BCUT2D eigenvalue weighted by molar-refractivity contribution is 0.0531. The zero-order valence-corrected chi connectivity index (χ0v) is 8.93. The maximum absolute atomic E-state index is 11.5. The summed E-state index contributed by atoms with van der Waals surface area (Å²) in [5.74, 6) is -0.223. The average molecular weight is 209 g/mol. The lowest BCUT2D eigenvalue weighted by atomic mass is 10.4. The number of hydrogen-bond donors (Lipinski definition) is 0. The average Bonchev–Trinajstić information content (AvgIpc) is 2.69. The number of esters is 1. The van der Waals surface area contributed by atoms with Gasteiger partial charge in [-0.2, -0.15) is 0 Å². The third-order valence-corrected chi connectivity index (χ3v) is 3.28. The highest BCUT2D eigenvalue weighted by Crippen LogP contribution is 2.23. The summed E-state index contributed by atoms with van der Waals surface area (Å²) < 4.78 is 6.96. The van der Waals surface area contributed by atoms with Gasteiger partial charge in [0.25, 0.3) is 0 Å². The number of fused-ring (bicyclic) bond motifs is 1. The fourth-order valence-corrected chi connectivity index (χ4v) is 2.44. The van der Waals surface area contributed by atoms with Crippen LogP contribution >= 0.6 is 11.3 Å². The van der Waals surface area contributed by atoms with Crippen LogP contribution in [0.2, 0.25) is 0 Å². The van der Waals surface area contributed by atoms with Crippen LogP contribution in [-0.4, -0.2) is 17.0 Å². The molecule has 0 aromatic carbocycles. The molecule has 0 radical (unpaired) electrons. The molecule has 0 N–H and O–H groups in total. The smallest absolute Gasteiger partial charge is 0.350 e.